The van der Waals surface area contributed by atoms with Gasteiger partial charge in [-0.3, -0.25) is 9.67 Å². The molecule has 0 aromatic carbocycles. The zero-order valence-electron chi connectivity index (χ0n) is 17.3. The number of rotatable bonds is 4. The second-order valence-electron chi connectivity index (χ2n) is 7.61. The van der Waals surface area contributed by atoms with Crippen LogP contribution in [-0.2, 0) is 13.1 Å². The molecular formula is C23H21FN6O. The lowest BCUT2D eigenvalue weighted by Crippen LogP contribution is -2.30. The SMILES string of the molecule is C#CN1CCn2nc(-c3cc(OC(C)c4ccc(F)cn4)c4ccnn4c3)c(C)c2C1. The molecule has 1 aliphatic rings. The molecule has 1 aliphatic heterocycles. The van der Waals surface area contributed by atoms with Crippen molar-refractivity contribution in [3.8, 4) is 29.5 Å². The van der Waals surface area contributed by atoms with E-state index in [1.54, 1.807) is 16.8 Å². The number of ether oxygens (including phenoxy) is 1. The summed E-state index contributed by atoms with van der Waals surface area (Å²) >= 11 is 0. The largest absolute Gasteiger partial charge is 0.482 e. The number of halogens is 1. The van der Waals surface area contributed by atoms with Crippen molar-refractivity contribution in [2.75, 3.05) is 6.54 Å². The van der Waals surface area contributed by atoms with Gasteiger partial charge in [0.2, 0.25) is 0 Å². The van der Waals surface area contributed by atoms with Crippen LogP contribution in [0.1, 0.15) is 30.0 Å². The number of hydrogen-bond donors (Lipinski definition) is 0. The van der Waals surface area contributed by atoms with E-state index in [9.17, 15) is 4.39 Å². The van der Waals surface area contributed by atoms with Crippen LogP contribution in [0.2, 0.25) is 0 Å². The van der Waals surface area contributed by atoms with E-state index < -0.39 is 0 Å². The topological polar surface area (TPSA) is 60.5 Å². The summed E-state index contributed by atoms with van der Waals surface area (Å²) in [5.74, 6) is 0.281. The van der Waals surface area contributed by atoms with E-state index in [4.69, 9.17) is 16.3 Å². The molecule has 0 amide bonds. The fourth-order valence-electron chi connectivity index (χ4n) is 3.93. The third-order valence-electron chi connectivity index (χ3n) is 5.64. The minimum Gasteiger partial charge on any atom is -0.482 e. The van der Waals surface area contributed by atoms with Gasteiger partial charge in [0.05, 0.1) is 42.6 Å². The molecule has 7 nitrogen and oxygen atoms in total. The van der Waals surface area contributed by atoms with Gasteiger partial charge in [-0.1, -0.05) is 6.42 Å². The lowest BCUT2D eigenvalue weighted by Gasteiger charge is -2.24. The molecule has 1 unspecified atom stereocenters. The molecule has 0 fully saturated rings. The molecule has 0 saturated carbocycles. The Labute approximate surface area is 179 Å². The molecule has 4 aromatic rings. The minimum absolute atomic E-state index is 0.366. The van der Waals surface area contributed by atoms with E-state index in [2.05, 4.69) is 23.1 Å². The second-order valence-corrected chi connectivity index (χ2v) is 7.61. The molecular weight excluding hydrogens is 395 g/mol. The van der Waals surface area contributed by atoms with Crippen molar-refractivity contribution in [3.05, 3.63) is 65.6 Å². The molecule has 0 aliphatic carbocycles. The first-order valence-electron chi connectivity index (χ1n) is 10.1. The Morgan fingerprint density at radius 3 is 2.90 bits per heavy atom. The highest BCUT2D eigenvalue weighted by atomic mass is 19.1. The Morgan fingerprint density at radius 2 is 2.13 bits per heavy atom. The molecule has 31 heavy (non-hydrogen) atoms. The molecule has 0 N–H and O–H groups in total. The van der Waals surface area contributed by atoms with E-state index in [0.29, 0.717) is 18.0 Å². The molecule has 8 heteroatoms. The number of fused-ring (bicyclic) bond motifs is 2. The molecule has 156 valence electrons. The predicted molar refractivity (Wildman–Crippen MR) is 114 cm³/mol. The van der Waals surface area contributed by atoms with Crippen LogP contribution in [0.3, 0.4) is 0 Å². The fourth-order valence-corrected chi connectivity index (χ4v) is 3.93. The van der Waals surface area contributed by atoms with Crippen molar-refractivity contribution in [2.45, 2.75) is 33.0 Å². The van der Waals surface area contributed by atoms with Gasteiger partial charge >= 0.3 is 0 Å². The summed E-state index contributed by atoms with van der Waals surface area (Å²) in [7, 11) is 0. The highest BCUT2D eigenvalue weighted by molar-refractivity contribution is 5.71. The number of terminal acetylenes is 1. The summed E-state index contributed by atoms with van der Waals surface area (Å²) < 4.78 is 23.3. The molecule has 5 rings (SSSR count). The summed E-state index contributed by atoms with van der Waals surface area (Å²) in [6.45, 7) is 6.15. The van der Waals surface area contributed by atoms with Crippen molar-refractivity contribution in [3.63, 3.8) is 0 Å². The highest BCUT2D eigenvalue weighted by Gasteiger charge is 2.23. The first-order chi connectivity index (χ1) is 15.0. The molecule has 0 bridgehead atoms. The number of nitrogens with zero attached hydrogens (tertiary/aromatic N) is 6. The van der Waals surface area contributed by atoms with Crippen LogP contribution >= 0.6 is 0 Å². The Balaban J connectivity index is 1.54. The smallest absolute Gasteiger partial charge is 0.146 e. The number of aromatic nitrogens is 5. The van der Waals surface area contributed by atoms with Crippen molar-refractivity contribution in [1.82, 2.24) is 29.3 Å². The Kier molecular flexibility index (Phi) is 4.59. The van der Waals surface area contributed by atoms with Crippen LogP contribution < -0.4 is 4.74 Å². The summed E-state index contributed by atoms with van der Waals surface area (Å²) in [5.41, 5.74) is 5.46. The third-order valence-corrected chi connectivity index (χ3v) is 5.64. The van der Waals surface area contributed by atoms with Gasteiger partial charge in [0.25, 0.3) is 0 Å². The van der Waals surface area contributed by atoms with Crippen LogP contribution in [0.25, 0.3) is 16.8 Å². The maximum absolute atomic E-state index is 13.2. The molecule has 4 aromatic heterocycles. The maximum Gasteiger partial charge on any atom is 0.146 e. The van der Waals surface area contributed by atoms with Gasteiger partial charge in [-0.15, -0.1) is 0 Å². The van der Waals surface area contributed by atoms with Crippen LogP contribution in [-0.4, -0.2) is 35.8 Å². The average molecular weight is 416 g/mol. The number of pyridine rings is 2. The molecule has 1 atom stereocenters. The lowest BCUT2D eigenvalue weighted by atomic mass is 10.1. The molecule has 5 heterocycles. The minimum atomic E-state index is -0.376. The number of hydrogen-bond acceptors (Lipinski definition) is 5. The van der Waals surface area contributed by atoms with Crippen LogP contribution in [0.5, 0.6) is 5.75 Å². The Bertz CT molecular complexity index is 1300. The van der Waals surface area contributed by atoms with Gasteiger partial charge in [-0.05, 0) is 38.1 Å². The summed E-state index contributed by atoms with van der Waals surface area (Å²) in [5, 5.41) is 9.24. The molecule has 0 radical (unpaired) electrons. The summed E-state index contributed by atoms with van der Waals surface area (Å²) in [6.07, 6.45) is 10.1. The van der Waals surface area contributed by atoms with Crippen LogP contribution in [0.15, 0.2) is 42.9 Å². The summed E-state index contributed by atoms with van der Waals surface area (Å²) in [6, 6.07) is 9.59. The summed E-state index contributed by atoms with van der Waals surface area (Å²) in [4.78, 5) is 6.09. The van der Waals surface area contributed by atoms with E-state index in [0.717, 1.165) is 41.1 Å². The van der Waals surface area contributed by atoms with Crippen LogP contribution in [0, 0.1) is 25.2 Å². The second kappa shape index (κ2) is 7.43. The Hall–Kier alpha value is -3.86. The van der Waals surface area contributed by atoms with Crippen molar-refractivity contribution in [2.24, 2.45) is 0 Å². The zero-order valence-corrected chi connectivity index (χ0v) is 17.3. The average Bonchev–Trinajstić information content (AvgIpc) is 3.38. The Morgan fingerprint density at radius 1 is 1.26 bits per heavy atom. The fraction of sp³-hybridized carbons (Fsp3) is 0.261. The van der Waals surface area contributed by atoms with Crippen molar-refractivity contribution in [1.29, 1.82) is 0 Å². The van der Waals surface area contributed by atoms with E-state index in [1.807, 2.05) is 34.8 Å². The van der Waals surface area contributed by atoms with Gasteiger partial charge < -0.3 is 9.64 Å². The molecule has 0 spiro atoms. The van der Waals surface area contributed by atoms with Crippen LogP contribution in [0.4, 0.5) is 4.39 Å². The van der Waals surface area contributed by atoms with Gasteiger partial charge in [0.1, 0.15) is 23.2 Å². The van der Waals surface area contributed by atoms with E-state index >= 15 is 0 Å². The monoisotopic (exact) mass is 416 g/mol. The lowest BCUT2D eigenvalue weighted by molar-refractivity contribution is 0.224. The normalized spacial score (nSPS) is 14.3. The van der Waals surface area contributed by atoms with E-state index in [-0.39, 0.29) is 11.9 Å². The zero-order chi connectivity index (χ0) is 21.5. The van der Waals surface area contributed by atoms with Gasteiger partial charge in [0.15, 0.2) is 0 Å². The first-order valence-corrected chi connectivity index (χ1v) is 10.1. The highest BCUT2D eigenvalue weighted by Crippen LogP contribution is 2.33. The van der Waals surface area contributed by atoms with E-state index in [1.165, 1.54) is 12.3 Å². The third kappa shape index (κ3) is 3.38. The quantitative estimate of drug-likeness (QED) is 0.476. The first kappa shape index (κ1) is 19.1. The maximum atomic E-state index is 13.2. The standard InChI is InChI=1S/C23H21FN6O/c1-4-28-9-10-29-21(14-28)15(2)23(27-29)17-11-22(20-7-8-26-30(20)13-17)31-16(3)19-6-5-18(24)12-25-19/h1,5-8,11-13,16H,9-10,14H2,2-3H3. The van der Waals surface area contributed by atoms with Gasteiger partial charge in [0, 0.05) is 29.9 Å². The molecule has 0 saturated heterocycles. The van der Waals surface area contributed by atoms with Gasteiger partial charge in [-0.25, -0.2) is 8.91 Å². The van der Waals surface area contributed by atoms with Crippen molar-refractivity contribution < 1.29 is 9.13 Å². The predicted octanol–water partition coefficient (Wildman–Crippen LogP) is 3.59. The van der Waals surface area contributed by atoms with Crippen molar-refractivity contribution >= 4 is 5.52 Å². The van der Waals surface area contributed by atoms with Gasteiger partial charge in [-0.2, -0.15) is 10.2 Å².